The Labute approximate surface area is 190 Å². The maximum atomic E-state index is 13.0. The van der Waals surface area contributed by atoms with Crippen LogP contribution in [0.4, 0.5) is 5.69 Å². The Morgan fingerprint density at radius 2 is 2.19 bits per heavy atom. The lowest BCUT2D eigenvalue weighted by Crippen LogP contribution is -2.41. The fourth-order valence-corrected chi connectivity index (χ4v) is 4.71. The highest BCUT2D eigenvalue weighted by atomic mass is 32.2. The maximum Gasteiger partial charge on any atom is 0.257 e. The number of hydrogen-bond acceptors (Lipinski definition) is 7. The Balaban J connectivity index is 1.45. The van der Waals surface area contributed by atoms with Crippen LogP contribution in [0.2, 0.25) is 0 Å². The van der Waals surface area contributed by atoms with Gasteiger partial charge in [-0.25, -0.2) is 4.98 Å². The smallest absolute Gasteiger partial charge is 0.257 e. The van der Waals surface area contributed by atoms with Gasteiger partial charge in [-0.15, -0.1) is 11.8 Å². The molecule has 3 aromatic rings. The maximum absolute atomic E-state index is 13.0. The molecular formula is C23H27N5O3S. The molecule has 2 aliphatic rings. The van der Waals surface area contributed by atoms with Gasteiger partial charge >= 0.3 is 0 Å². The van der Waals surface area contributed by atoms with Gasteiger partial charge in [-0.3, -0.25) is 9.89 Å². The van der Waals surface area contributed by atoms with Crippen molar-refractivity contribution in [3.8, 4) is 23.0 Å². The molecule has 8 nitrogen and oxygen atoms in total. The lowest BCUT2D eigenvalue weighted by molar-refractivity contribution is -0.118. The summed E-state index contributed by atoms with van der Waals surface area (Å²) in [7, 11) is 0. The van der Waals surface area contributed by atoms with E-state index in [1.165, 1.54) is 0 Å². The number of benzene rings is 1. The van der Waals surface area contributed by atoms with Crippen LogP contribution >= 0.6 is 11.8 Å². The van der Waals surface area contributed by atoms with Crippen LogP contribution in [0, 0.1) is 0 Å². The lowest BCUT2D eigenvalue weighted by atomic mass is 10.1. The Morgan fingerprint density at radius 3 is 2.91 bits per heavy atom. The number of thioether (sulfide) groups is 1. The van der Waals surface area contributed by atoms with Gasteiger partial charge in [0.25, 0.3) is 5.88 Å². The molecule has 1 atom stereocenters. The zero-order valence-electron chi connectivity index (χ0n) is 18.2. The Kier molecular flexibility index (Phi) is 5.69. The van der Waals surface area contributed by atoms with Gasteiger partial charge in [0.05, 0.1) is 23.9 Å². The Hall–Kier alpha value is -2.78. The van der Waals surface area contributed by atoms with Gasteiger partial charge in [0.1, 0.15) is 10.4 Å². The molecule has 168 valence electrons. The van der Waals surface area contributed by atoms with Crippen LogP contribution in [0.15, 0.2) is 30.3 Å². The molecule has 1 aliphatic heterocycles. The zero-order valence-corrected chi connectivity index (χ0v) is 19.1. The molecule has 1 saturated heterocycles. The molecule has 1 unspecified atom stereocenters. The number of aromatic amines is 1. The first-order chi connectivity index (χ1) is 15.6. The second kappa shape index (κ2) is 8.63. The monoisotopic (exact) mass is 453 g/mol. The summed E-state index contributed by atoms with van der Waals surface area (Å²) in [6.07, 6.45) is 5.21. The largest absolute Gasteiger partial charge is 0.485 e. The second-order valence-electron chi connectivity index (χ2n) is 8.16. The number of pyridine rings is 1. The van der Waals surface area contributed by atoms with Crippen LogP contribution < -0.4 is 20.1 Å². The third kappa shape index (κ3) is 4.02. The number of aromatic nitrogens is 3. The van der Waals surface area contributed by atoms with Crippen molar-refractivity contribution < 1.29 is 14.3 Å². The molecule has 2 aromatic heterocycles. The van der Waals surface area contributed by atoms with Gasteiger partial charge in [0.2, 0.25) is 5.91 Å². The van der Waals surface area contributed by atoms with E-state index in [1.807, 2.05) is 43.5 Å². The van der Waals surface area contributed by atoms with Crippen LogP contribution in [0.25, 0.3) is 22.3 Å². The molecule has 1 amide bonds. The highest BCUT2D eigenvalue weighted by Gasteiger charge is 2.40. The number of rotatable bonds is 8. The summed E-state index contributed by atoms with van der Waals surface area (Å²) in [5, 5.41) is 14.8. The molecule has 9 heteroatoms. The number of nitrogens with one attached hydrogen (secondary N) is 3. The summed E-state index contributed by atoms with van der Waals surface area (Å²) >= 11 is 1.60. The predicted molar refractivity (Wildman–Crippen MR) is 127 cm³/mol. The lowest BCUT2D eigenvalue weighted by Gasteiger charge is -2.24. The molecule has 0 bridgehead atoms. The predicted octanol–water partition coefficient (Wildman–Crippen LogP) is 3.60. The zero-order chi connectivity index (χ0) is 22.1. The van der Waals surface area contributed by atoms with Crippen molar-refractivity contribution in [2.24, 2.45) is 0 Å². The summed E-state index contributed by atoms with van der Waals surface area (Å²) in [5.41, 5.74) is 3.01. The van der Waals surface area contributed by atoms with Crippen LogP contribution in [-0.2, 0) is 4.79 Å². The molecule has 0 spiro atoms. The number of hydrogen-bond donors (Lipinski definition) is 3. The fourth-order valence-electron chi connectivity index (χ4n) is 3.92. The molecule has 1 aliphatic carbocycles. The molecule has 2 fully saturated rings. The SMILES string of the molecule is CCOc1nc(-c2n[nH]c3ccc(NC(=O)C4(SC)CCNC4)cc23)ccc1OC1CC1. The van der Waals surface area contributed by atoms with Crippen molar-refractivity contribution in [1.82, 2.24) is 20.5 Å². The number of H-pyrrole nitrogens is 1. The molecule has 3 N–H and O–H groups in total. The number of carbonyl (C=O) groups excluding carboxylic acids is 1. The Morgan fingerprint density at radius 1 is 1.31 bits per heavy atom. The van der Waals surface area contributed by atoms with E-state index >= 15 is 0 Å². The quantitative estimate of drug-likeness (QED) is 0.479. The van der Waals surface area contributed by atoms with Crippen LogP contribution in [0.1, 0.15) is 26.2 Å². The van der Waals surface area contributed by atoms with Crippen molar-refractivity contribution in [3.05, 3.63) is 30.3 Å². The van der Waals surface area contributed by atoms with Crippen LogP contribution in [0.5, 0.6) is 11.6 Å². The standard InChI is InChI=1S/C23H27N5O3S/c1-3-30-21-19(31-15-5-6-15)9-8-18(26-21)20-16-12-14(4-7-17(16)27-28-20)25-22(29)23(32-2)10-11-24-13-23/h4,7-9,12,15,24H,3,5-6,10-11,13H2,1-2H3,(H,25,29)(H,27,28). The van der Waals surface area contributed by atoms with E-state index in [0.29, 0.717) is 36.2 Å². The van der Waals surface area contributed by atoms with Crippen LogP contribution in [0.3, 0.4) is 0 Å². The summed E-state index contributed by atoms with van der Waals surface area (Å²) < 4.78 is 11.2. The van der Waals surface area contributed by atoms with Crippen molar-refractivity contribution in [2.45, 2.75) is 37.0 Å². The van der Waals surface area contributed by atoms with Gasteiger partial charge in [0, 0.05) is 17.6 Å². The van der Waals surface area contributed by atoms with Crippen molar-refractivity contribution in [2.75, 3.05) is 31.3 Å². The van der Waals surface area contributed by atoms with Crippen LogP contribution in [-0.4, -0.2) is 57.9 Å². The first-order valence-electron chi connectivity index (χ1n) is 11.0. The van der Waals surface area contributed by atoms with Crippen molar-refractivity contribution >= 4 is 34.3 Å². The van der Waals surface area contributed by atoms with Gasteiger partial charge in [0.15, 0.2) is 5.75 Å². The van der Waals surface area contributed by atoms with Gasteiger partial charge in [-0.1, -0.05) is 0 Å². The van der Waals surface area contributed by atoms with E-state index < -0.39 is 4.75 Å². The number of anilines is 1. The number of amides is 1. The number of ether oxygens (including phenoxy) is 2. The van der Waals surface area contributed by atoms with E-state index in [0.717, 1.165) is 42.4 Å². The third-order valence-electron chi connectivity index (χ3n) is 5.91. The summed E-state index contributed by atoms with van der Waals surface area (Å²) in [6, 6.07) is 9.55. The topological polar surface area (TPSA) is 101 Å². The molecule has 0 radical (unpaired) electrons. The van der Waals surface area contributed by atoms with E-state index in [9.17, 15) is 4.79 Å². The molecule has 32 heavy (non-hydrogen) atoms. The summed E-state index contributed by atoms with van der Waals surface area (Å²) in [5.74, 6) is 1.17. The van der Waals surface area contributed by atoms with E-state index in [-0.39, 0.29) is 12.0 Å². The van der Waals surface area contributed by atoms with E-state index in [4.69, 9.17) is 9.47 Å². The minimum Gasteiger partial charge on any atom is -0.485 e. The third-order valence-corrected chi connectivity index (χ3v) is 7.22. The molecule has 1 aromatic carbocycles. The minimum atomic E-state index is -0.431. The fraction of sp³-hybridized carbons (Fsp3) is 0.435. The molecule has 5 rings (SSSR count). The van der Waals surface area contributed by atoms with Gasteiger partial charge in [-0.05, 0) is 69.3 Å². The summed E-state index contributed by atoms with van der Waals surface area (Å²) in [4.78, 5) is 17.7. The number of carbonyl (C=O) groups is 1. The normalized spacial score (nSPS) is 20.4. The molecular weight excluding hydrogens is 426 g/mol. The molecule has 3 heterocycles. The Bertz CT molecular complexity index is 1140. The van der Waals surface area contributed by atoms with Gasteiger partial charge < -0.3 is 20.1 Å². The van der Waals surface area contributed by atoms with Crippen molar-refractivity contribution in [3.63, 3.8) is 0 Å². The first-order valence-corrected chi connectivity index (χ1v) is 12.2. The second-order valence-corrected chi connectivity index (χ2v) is 9.35. The van der Waals surface area contributed by atoms with E-state index in [2.05, 4.69) is 25.8 Å². The number of fused-ring (bicyclic) bond motifs is 1. The van der Waals surface area contributed by atoms with E-state index in [1.54, 1.807) is 11.8 Å². The minimum absolute atomic E-state index is 0.0257. The van der Waals surface area contributed by atoms with Crippen molar-refractivity contribution in [1.29, 1.82) is 0 Å². The highest BCUT2D eigenvalue weighted by molar-refractivity contribution is 8.00. The number of nitrogens with zero attached hydrogens (tertiary/aromatic N) is 2. The summed E-state index contributed by atoms with van der Waals surface area (Å²) in [6.45, 7) is 3.96. The molecule has 1 saturated carbocycles. The first kappa shape index (κ1) is 21.1. The average Bonchev–Trinajstić information content (AvgIpc) is 3.32. The average molecular weight is 454 g/mol. The van der Waals surface area contributed by atoms with Gasteiger partial charge in [-0.2, -0.15) is 5.10 Å². The highest BCUT2D eigenvalue weighted by Crippen LogP contribution is 2.36.